The quantitative estimate of drug-likeness (QED) is 0.286. The zero-order valence-corrected chi connectivity index (χ0v) is 20.8. The molecule has 0 aliphatic carbocycles. The van der Waals surface area contributed by atoms with Crippen LogP contribution in [0, 0.1) is 0 Å². The molecule has 1 atom stereocenters. The van der Waals surface area contributed by atoms with E-state index in [1.807, 2.05) is 6.92 Å². The molecule has 8 heteroatoms. The Morgan fingerprint density at radius 2 is 1.78 bits per heavy atom. The van der Waals surface area contributed by atoms with Crippen LogP contribution in [0.25, 0.3) is 5.76 Å². The van der Waals surface area contributed by atoms with Gasteiger partial charge in [0.2, 0.25) is 0 Å². The van der Waals surface area contributed by atoms with Crippen LogP contribution in [0.5, 0.6) is 23.0 Å². The van der Waals surface area contributed by atoms with Crippen molar-refractivity contribution in [3.05, 3.63) is 82.9 Å². The molecular formula is C29H27NO7. The number of rotatable bonds is 7. The third kappa shape index (κ3) is 4.24. The third-order valence-corrected chi connectivity index (χ3v) is 6.56. The van der Waals surface area contributed by atoms with E-state index in [1.54, 1.807) is 74.9 Å². The fourth-order valence-electron chi connectivity index (χ4n) is 4.78. The van der Waals surface area contributed by atoms with Gasteiger partial charge in [-0.1, -0.05) is 6.07 Å². The van der Waals surface area contributed by atoms with Crippen LogP contribution in [0.4, 0.5) is 5.69 Å². The summed E-state index contributed by atoms with van der Waals surface area (Å²) in [6.07, 6.45) is 0.705. The molecule has 1 fully saturated rings. The largest absolute Gasteiger partial charge is 0.507 e. The van der Waals surface area contributed by atoms with E-state index < -0.39 is 17.7 Å². The van der Waals surface area contributed by atoms with Crippen LogP contribution in [0.15, 0.2) is 66.2 Å². The minimum Gasteiger partial charge on any atom is -0.507 e. The molecule has 2 aliphatic rings. The number of anilines is 1. The monoisotopic (exact) mass is 501 g/mol. The van der Waals surface area contributed by atoms with E-state index in [9.17, 15) is 14.7 Å². The Morgan fingerprint density at radius 3 is 2.49 bits per heavy atom. The predicted molar refractivity (Wildman–Crippen MR) is 138 cm³/mol. The first-order valence-electron chi connectivity index (χ1n) is 12.0. The van der Waals surface area contributed by atoms with Gasteiger partial charge in [-0.25, -0.2) is 0 Å². The van der Waals surface area contributed by atoms with E-state index in [2.05, 4.69) is 0 Å². The van der Waals surface area contributed by atoms with E-state index in [-0.39, 0.29) is 11.3 Å². The lowest BCUT2D eigenvalue weighted by Gasteiger charge is -2.26. The maximum atomic E-state index is 13.5. The van der Waals surface area contributed by atoms with Crippen molar-refractivity contribution in [2.45, 2.75) is 19.4 Å². The number of hydrogen-bond donors (Lipinski definition) is 1. The number of ether oxygens (including phenoxy) is 4. The van der Waals surface area contributed by atoms with Crippen LogP contribution in [-0.4, -0.2) is 44.2 Å². The number of aliphatic hydroxyl groups excluding tert-OH is 1. The Morgan fingerprint density at radius 1 is 1.00 bits per heavy atom. The Labute approximate surface area is 214 Å². The summed E-state index contributed by atoms with van der Waals surface area (Å²) in [5.74, 6) is 0.591. The molecule has 190 valence electrons. The van der Waals surface area contributed by atoms with Gasteiger partial charge in [-0.05, 0) is 72.6 Å². The minimum atomic E-state index is -0.900. The first-order valence-corrected chi connectivity index (χ1v) is 12.0. The molecule has 0 aromatic heterocycles. The number of nitrogens with zero attached hydrogens (tertiary/aromatic N) is 1. The number of amides is 1. The fourth-order valence-corrected chi connectivity index (χ4v) is 4.78. The zero-order valence-electron chi connectivity index (χ0n) is 20.8. The highest BCUT2D eigenvalue weighted by atomic mass is 16.5. The Bertz CT molecular complexity index is 1390. The summed E-state index contributed by atoms with van der Waals surface area (Å²) < 4.78 is 22.0. The summed E-state index contributed by atoms with van der Waals surface area (Å²) in [4.78, 5) is 28.3. The number of carbonyl (C=O) groups is 2. The maximum absolute atomic E-state index is 13.5. The number of aliphatic hydroxyl groups is 1. The number of carbonyl (C=O) groups excluding carboxylic acids is 2. The smallest absolute Gasteiger partial charge is 0.300 e. The van der Waals surface area contributed by atoms with Gasteiger partial charge in [0.15, 0.2) is 11.5 Å². The molecule has 0 bridgehead atoms. The van der Waals surface area contributed by atoms with Crippen LogP contribution in [0.3, 0.4) is 0 Å². The molecule has 1 saturated heterocycles. The molecule has 0 radical (unpaired) electrons. The van der Waals surface area contributed by atoms with Crippen molar-refractivity contribution in [1.82, 2.24) is 0 Å². The summed E-state index contributed by atoms with van der Waals surface area (Å²) in [5.41, 5.74) is 2.45. The van der Waals surface area contributed by atoms with Crippen LogP contribution in [-0.2, 0) is 16.0 Å². The predicted octanol–water partition coefficient (Wildman–Crippen LogP) is 4.66. The summed E-state index contributed by atoms with van der Waals surface area (Å²) >= 11 is 0. The molecule has 37 heavy (non-hydrogen) atoms. The van der Waals surface area contributed by atoms with Crippen LogP contribution < -0.4 is 23.8 Å². The third-order valence-electron chi connectivity index (χ3n) is 6.56. The number of Topliss-reactive ketones (excluding diaryl/α,β-unsaturated/α-hetero) is 1. The molecule has 0 spiro atoms. The van der Waals surface area contributed by atoms with Gasteiger partial charge in [0.1, 0.15) is 17.3 Å². The molecule has 3 aromatic carbocycles. The SMILES string of the molecule is CCOc1cc(C2/C(=C(\O)c3ccc4c(c3)CCO4)C(=O)C(=O)N2c2ccc(OC)cc2)ccc1OC. The standard InChI is InChI=1S/C29H27NO7/c1-4-36-24-16-18(5-12-23(24)35-3)26-25(27(31)19-6-11-22-17(15-19)13-14-37-22)28(32)29(33)30(26)20-7-9-21(34-2)10-8-20/h5-12,15-16,26,31H,4,13-14H2,1-3H3/b27-25+. The van der Waals surface area contributed by atoms with Crippen LogP contribution in [0.2, 0.25) is 0 Å². The van der Waals surface area contributed by atoms with Gasteiger partial charge in [-0.3, -0.25) is 14.5 Å². The lowest BCUT2D eigenvalue weighted by molar-refractivity contribution is -0.132. The summed E-state index contributed by atoms with van der Waals surface area (Å²) in [6, 6.07) is 16.4. The van der Waals surface area contributed by atoms with Gasteiger partial charge in [0.25, 0.3) is 11.7 Å². The van der Waals surface area contributed by atoms with E-state index in [0.29, 0.717) is 53.7 Å². The number of methoxy groups -OCH3 is 2. The number of ketones is 1. The van der Waals surface area contributed by atoms with Gasteiger partial charge in [-0.15, -0.1) is 0 Å². The molecule has 1 unspecified atom stereocenters. The van der Waals surface area contributed by atoms with E-state index in [0.717, 1.165) is 11.3 Å². The van der Waals surface area contributed by atoms with Gasteiger partial charge >= 0.3 is 0 Å². The fraction of sp³-hybridized carbons (Fsp3) is 0.241. The second kappa shape index (κ2) is 9.89. The average molecular weight is 502 g/mol. The highest BCUT2D eigenvalue weighted by molar-refractivity contribution is 6.51. The Kier molecular flexibility index (Phi) is 6.48. The van der Waals surface area contributed by atoms with Gasteiger partial charge in [0, 0.05) is 17.7 Å². The molecular weight excluding hydrogens is 474 g/mol. The molecule has 2 aliphatic heterocycles. The van der Waals surface area contributed by atoms with Gasteiger partial charge in [-0.2, -0.15) is 0 Å². The highest BCUT2D eigenvalue weighted by Gasteiger charge is 2.47. The summed E-state index contributed by atoms with van der Waals surface area (Å²) in [7, 11) is 3.09. The first kappa shape index (κ1) is 24.2. The number of benzene rings is 3. The van der Waals surface area contributed by atoms with Crippen LogP contribution >= 0.6 is 0 Å². The maximum Gasteiger partial charge on any atom is 0.300 e. The Balaban J connectivity index is 1.70. The van der Waals surface area contributed by atoms with Crippen molar-refractivity contribution in [2.75, 3.05) is 32.3 Å². The van der Waals surface area contributed by atoms with Crippen LogP contribution in [0.1, 0.15) is 29.7 Å². The van der Waals surface area contributed by atoms with E-state index in [1.165, 1.54) is 4.90 Å². The second-order valence-corrected chi connectivity index (χ2v) is 8.63. The number of hydrogen-bond acceptors (Lipinski definition) is 7. The van der Waals surface area contributed by atoms with E-state index in [4.69, 9.17) is 18.9 Å². The second-order valence-electron chi connectivity index (χ2n) is 8.63. The van der Waals surface area contributed by atoms with Crippen molar-refractivity contribution in [3.8, 4) is 23.0 Å². The van der Waals surface area contributed by atoms with Crippen molar-refractivity contribution in [2.24, 2.45) is 0 Å². The Hall–Kier alpha value is -4.46. The van der Waals surface area contributed by atoms with Gasteiger partial charge in [0.05, 0.1) is 39.0 Å². The molecule has 1 N–H and O–H groups in total. The molecule has 1 amide bonds. The van der Waals surface area contributed by atoms with E-state index >= 15 is 0 Å². The number of fused-ring (bicyclic) bond motifs is 1. The molecule has 2 heterocycles. The lowest BCUT2D eigenvalue weighted by atomic mass is 9.94. The van der Waals surface area contributed by atoms with Crippen molar-refractivity contribution >= 4 is 23.1 Å². The molecule has 3 aromatic rings. The zero-order chi connectivity index (χ0) is 26.1. The van der Waals surface area contributed by atoms with Crippen molar-refractivity contribution in [1.29, 1.82) is 0 Å². The summed E-state index contributed by atoms with van der Waals surface area (Å²) in [6.45, 7) is 2.82. The molecule has 8 nitrogen and oxygen atoms in total. The molecule has 5 rings (SSSR count). The minimum absolute atomic E-state index is 0.00713. The average Bonchev–Trinajstić information content (AvgIpc) is 3.50. The topological polar surface area (TPSA) is 94.5 Å². The molecule has 0 saturated carbocycles. The highest BCUT2D eigenvalue weighted by Crippen LogP contribution is 2.44. The summed E-state index contributed by atoms with van der Waals surface area (Å²) in [5, 5.41) is 11.5. The van der Waals surface area contributed by atoms with Gasteiger partial charge < -0.3 is 24.1 Å². The normalized spacial score (nSPS) is 17.9. The van der Waals surface area contributed by atoms with Crippen molar-refractivity contribution < 1.29 is 33.6 Å². The first-order chi connectivity index (χ1) is 18.0. The van der Waals surface area contributed by atoms with Crippen molar-refractivity contribution in [3.63, 3.8) is 0 Å². The lowest BCUT2D eigenvalue weighted by Crippen LogP contribution is -2.29.